The summed E-state index contributed by atoms with van der Waals surface area (Å²) in [7, 11) is 0. The van der Waals surface area contributed by atoms with Crippen molar-refractivity contribution in [3.8, 4) is 45.1 Å². The highest BCUT2D eigenvalue weighted by atomic mass is 16.4. The van der Waals surface area contributed by atoms with Crippen molar-refractivity contribution in [1.82, 2.24) is 30.4 Å². The molecule has 12 heteroatoms. The van der Waals surface area contributed by atoms with E-state index in [0.717, 1.165) is 16.7 Å². The number of tetrazole rings is 1. The number of aromatic nitrogens is 4. The Morgan fingerprint density at radius 3 is 2.19 bits per heavy atom. The fourth-order valence-corrected chi connectivity index (χ4v) is 6.12. The molecule has 4 N–H and O–H groups in total. The number of aromatic hydroxyl groups is 2. The summed E-state index contributed by atoms with van der Waals surface area (Å²) in [6, 6.07) is 26.0. The topological polar surface area (TPSA) is 171 Å². The maximum absolute atomic E-state index is 13.7. The lowest BCUT2D eigenvalue weighted by Crippen LogP contribution is -2.62. The maximum atomic E-state index is 13.7. The Balaban J connectivity index is 1.19. The molecule has 1 amide bonds. The number of nitrogens with one attached hydrogen (secondary N) is 1. The predicted molar refractivity (Wildman–Crippen MR) is 177 cm³/mol. The summed E-state index contributed by atoms with van der Waals surface area (Å²) in [5.41, 5.74) is 3.19. The minimum Gasteiger partial charge on any atom is -0.508 e. The van der Waals surface area contributed by atoms with Gasteiger partial charge in [0.1, 0.15) is 11.5 Å². The molecule has 1 atom stereocenters. The summed E-state index contributed by atoms with van der Waals surface area (Å²) in [5.74, 6) is -1.56. The SMILES string of the molecule is CCCC(=O)n1nnnc1-c1ccccc1-c1ccc(CNC2(C(=O)O)CCCN2C(=O)c2ccc(-c3cc(O)cc(O)c3)cc2)cc1. The molecule has 12 nitrogen and oxygen atoms in total. The molecule has 244 valence electrons. The Morgan fingerprint density at radius 2 is 1.52 bits per heavy atom. The van der Waals surface area contributed by atoms with E-state index in [1.807, 2.05) is 55.5 Å². The van der Waals surface area contributed by atoms with Gasteiger partial charge in [0.2, 0.25) is 5.91 Å². The number of hydrogen-bond donors (Lipinski definition) is 4. The van der Waals surface area contributed by atoms with Gasteiger partial charge in [-0.05, 0) is 81.8 Å². The van der Waals surface area contributed by atoms with E-state index in [0.29, 0.717) is 47.3 Å². The molecule has 0 spiro atoms. The van der Waals surface area contributed by atoms with Crippen LogP contribution in [0, 0.1) is 0 Å². The number of carbonyl (C=O) groups excluding carboxylic acids is 2. The second-order valence-electron chi connectivity index (χ2n) is 11.7. The minimum absolute atomic E-state index is 0.0856. The lowest BCUT2D eigenvalue weighted by Gasteiger charge is -2.35. The zero-order chi connectivity index (χ0) is 33.8. The first kappa shape index (κ1) is 32.1. The molecule has 0 aliphatic carbocycles. The smallest absolute Gasteiger partial charge is 0.344 e. The van der Waals surface area contributed by atoms with Crippen molar-refractivity contribution < 1.29 is 29.7 Å². The van der Waals surface area contributed by atoms with Crippen LogP contribution in [0.15, 0.2) is 91.0 Å². The first-order valence-corrected chi connectivity index (χ1v) is 15.6. The quantitative estimate of drug-likeness (QED) is 0.145. The van der Waals surface area contributed by atoms with Gasteiger partial charge in [0.25, 0.3) is 5.91 Å². The highest BCUT2D eigenvalue weighted by Gasteiger charge is 2.50. The van der Waals surface area contributed by atoms with Crippen molar-refractivity contribution in [2.24, 2.45) is 0 Å². The average molecular weight is 647 g/mol. The van der Waals surface area contributed by atoms with E-state index < -0.39 is 17.5 Å². The predicted octanol–water partition coefficient (Wildman–Crippen LogP) is 5.33. The standard InChI is InChI=1S/C36H34N6O6/c1-2-6-32(45)42-33(38-39-40-42)31-8-4-3-7-30(31)25-11-9-23(10-12-25)22-37-36(35(47)48)17-5-18-41(36)34(46)26-15-13-24(14-16-26)27-19-28(43)21-29(44)20-27/h3-4,7-16,19-21,37,43-44H,2,5-6,17-18,22H2,1H3,(H,47,48). The Hall–Kier alpha value is -5.88. The molecule has 1 fully saturated rings. The van der Waals surface area contributed by atoms with Gasteiger partial charge in [0.05, 0.1) is 0 Å². The van der Waals surface area contributed by atoms with Gasteiger partial charge in [0, 0.05) is 36.7 Å². The molecule has 1 saturated heterocycles. The van der Waals surface area contributed by atoms with Gasteiger partial charge in [-0.2, -0.15) is 4.68 Å². The van der Waals surface area contributed by atoms with Crippen LogP contribution < -0.4 is 5.32 Å². The number of rotatable bonds is 10. The van der Waals surface area contributed by atoms with Gasteiger partial charge >= 0.3 is 5.97 Å². The third-order valence-electron chi connectivity index (χ3n) is 8.54. The number of likely N-dealkylation sites (tertiary alicyclic amines) is 1. The third kappa shape index (κ3) is 6.25. The van der Waals surface area contributed by atoms with Gasteiger partial charge in [-0.25, -0.2) is 4.79 Å². The molecule has 48 heavy (non-hydrogen) atoms. The van der Waals surface area contributed by atoms with Gasteiger partial charge in [0.15, 0.2) is 11.5 Å². The van der Waals surface area contributed by atoms with Gasteiger partial charge in [-0.3, -0.25) is 14.9 Å². The monoisotopic (exact) mass is 646 g/mol. The first-order chi connectivity index (χ1) is 23.2. The number of hydrogen-bond acceptors (Lipinski definition) is 9. The summed E-state index contributed by atoms with van der Waals surface area (Å²) >= 11 is 0. The Kier molecular flexibility index (Phi) is 9.00. The van der Waals surface area contributed by atoms with Crippen LogP contribution in [0.4, 0.5) is 0 Å². The normalized spacial score (nSPS) is 15.8. The number of carbonyl (C=O) groups is 3. The summed E-state index contributed by atoms with van der Waals surface area (Å²) < 4.78 is 1.23. The third-order valence-corrected chi connectivity index (χ3v) is 8.54. The highest BCUT2D eigenvalue weighted by Crippen LogP contribution is 2.33. The summed E-state index contributed by atoms with van der Waals surface area (Å²) in [4.78, 5) is 40.4. The molecule has 0 bridgehead atoms. The van der Waals surface area contributed by atoms with E-state index in [1.165, 1.54) is 27.8 Å². The van der Waals surface area contributed by atoms with E-state index in [2.05, 4.69) is 20.8 Å². The molecule has 1 aromatic heterocycles. The number of phenolic OH excluding ortho intramolecular Hbond substituents is 2. The van der Waals surface area contributed by atoms with Crippen LogP contribution in [0.5, 0.6) is 11.5 Å². The zero-order valence-electron chi connectivity index (χ0n) is 26.2. The highest BCUT2D eigenvalue weighted by molar-refractivity contribution is 5.98. The van der Waals surface area contributed by atoms with E-state index in [4.69, 9.17) is 0 Å². The van der Waals surface area contributed by atoms with Crippen molar-refractivity contribution in [1.29, 1.82) is 0 Å². The molecule has 1 aliphatic heterocycles. The Labute approximate surface area is 276 Å². The lowest BCUT2D eigenvalue weighted by molar-refractivity contribution is -0.150. The second-order valence-corrected chi connectivity index (χ2v) is 11.7. The number of phenols is 2. The molecule has 4 aromatic carbocycles. The van der Waals surface area contributed by atoms with Crippen molar-refractivity contribution in [3.05, 3.63) is 102 Å². The summed E-state index contributed by atoms with van der Waals surface area (Å²) in [6.07, 6.45) is 1.75. The summed E-state index contributed by atoms with van der Waals surface area (Å²) in [5, 5.41) is 45.0. The lowest BCUT2D eigenvalue weighted by atomic mass is 9.98. The molecule has 1 aliphatic rings. The Morgan fingerprint density at radius 1 is 0.854 bits per heavy atom. The summed E-state index contributed by atoms with van der Waals surface area (Å²) in [6.45, 7) is 2.39. The largest absolute Gasteiger partial charge is 0.508 e. The molecule has 0 radical (unpaired) electrons. The van der Waals surface area contributed by atoms with E-state index in [1.54, 1.807) is 24.3 Å². The molecule has 5 aromatic rings. The first-order valence-electron chi connectivity index (χ1n) is 15.6. The molecular weight excluding hydrogens is 612 g/mol. The van der Waals surface area contributed by atoms with Crippen LogP contribution in [0.25, 0.3) is 33.6 Å². The molecule has 1 unspecified atom stereocenters. The van der Waals surface area contributed by atoms with Crippen LogP contribution in [0.3, 0.4) is 0 Å². The number of benzene rings is 4. The number of amides is 1. The van der Waals surface area contributed by atoms with E-state index in [-0.39, 0.29) is 36.9 Å². The van der Waals surface area contributed by atoms with Crippen molar-refractivity contribution in [3.63, 3.8) is 0 Å². The van der Waals surface area contributed by atoms with Crippen molar-refractivity contribution >= 4 is 17.8 Å². The molecule has 0 saturated carbocycles. The Bertz CT molecular complexity index is 1950. The number of aliphatic carboxylic acids is 1. The average Bonchev–Trinajstić information content (AvgIpc) is 3.76. The molecular formula is C36H34N6O6. The van der Waals surface area contributed by atoms with Crippen LogP contribution in [-0.4, -0.2) is 70.4 Å². The fourth-order valence-electron chi connectivity index (χ4n) is 6.12. The van der Waals surface area contributed by atoms with E-state index in [9.17, 15) is 29.7 Å². The molecule has 6 rings (SSSR count). The van der Waals surface area contributed by atoms with Crippen molar-refractivity contribution in [2.45, 2.75) is 44.8 Å². The van der Waals surface area contributed by atoms with E-state index >= 15 is 0 Å². The van der Waals surface area contributed by atoms with Crippen LogP contribution >= 0.6 is 0 Å². The maximum Gasteiger partial charge on any atom is 0.344 e. The van der Waals surface area contributed by atoms with Gasteiger partial charge < -0.3 is 20.2 Å². The van der Waals surface area contributed by atoms with Crippen molar-refractivity contribution in [2.75, 3.05) is 6.54 Å². The van der Waals surface area contributed by atoms with Gasteiger partial charge in [-0.1, -0.05) is 67.6 Å². The zero-order valence-corrected chi connectivity index (χ0v) is 26.2. The minimum atomic E-state index is -1.60. The fraction of sp³-hybridized carbons (Fsp3) is 0.222. The number of carboxylic acid groups (broad SMARTS) is 1. The number of nitrogens with zero attached hydrogens (tertiary/aromatic N) is 5. The molecule has 2 heterocycles. The van der Waals surface area contributed by atoms with Crippen LogP contribution in [0.2, 0.25) is 0 Å². The number of carboxylic acids is 1. The van der Waals surface area contributed by atoms with Crippen LogP contribution in [-0.2, 0) is 11.3 Å². The second kappa shape index (κ2) is 13.5. The van der Waals surface area contributed by atoms with Gasteiger partial charge in [-0.15, -0.1) is 5.10 Å². The van der Waals surface area contributed by atoms with Crippen LogP contribution in [0.1, 0.15) is 53.3 Å².